The van der Waals surface area contributed by atoms with Crippen LogP contribution in [-0.2, 0) is 14.8 Å². The summed E-state index contributed by atoms with van der Waals surface area (Å²) in [4.78, 5) is 13.2. The van der Waals surface area contributed by atoms with E-state index in [1.165, 1.54) is 18.3 Å². The van der Waals surface area contributed by atoms with Crippen LogP contribution in [0.4, 0.5) is 0 Å². The normalized spacial score (nSPS) is 16.7. The van der Waals surface area contributed by atoms with Crippen molar-refractivity contribution in [2.75, 3.05) is 33.3 Å². The average molecular weight is 340 g/mol. The number of carbonyl (C=O) groups excluding carboxylic acids is 1. The van der Waals surface area contributed by atoms with Crippen LogP contribution >= 0.6 is 0 Å². The molecule has 0 spiro atoms. The Morgan fingerprint density at radius 2 is 1.78 bits per heavy atom. The number of carbonyl (C=O) groups is 1. The SMILES string of the molecule is COc1cc(C(C)C)ccc1S(=O)(=O)N1CCN(C(C)=O)CC1. The summed E-state index contributed by atoms with van der Waals surface area (Å²) < 4.78 is 32.5. The lowest BCUT2D eigenvalue weighted by Gasteiger charge is -2.33. The lowest BCUT2D eigenvalue weighted by Crippen LogP contribution is -2.49. The molecule has 0 saturated carbocycles. The minimum Gasteiger partial charge on any atom is -0.495 e. The summed E-state index contributed by atoms with van der Waals surface area (Å²) in [5, 5.41) is 0. The number of nitrogens with zero attached hydrogens (tertiary/aromatic N) is 2. The zero-order chi connectivity index (χ0) is 17.2. The fourth-order valence-corrected chi connectivity index (χ4v) is 4.20. The van der Waals surface area contributed by atoms with Gasteiger partial charge >= 0.3 is 0 Å². The van der Waals surface area contributed by atoms with E-state index in [2.05, 4.69) is 0 Å². The van der Waals surface area contributed by atoms with Crippen molar-refractivity contribution in [2.45, 2.75) is 31.6 Å². The van der Waals surface area contributed by atoms with Gasteiger partial charge in [-0.1, -0.05) is 19.9 Å². The third-order valence-corrected chi connectivity index (χ3v) is 6.09. The number of hydrogen-bond acceptors (Lipinski definition) is 4. The summed E-state index contributed by atoms with van der Waals surface area (Å²) in [7, 11) is -2.15. The minimum absolute atomic E-state index is 0.0269. The molecule has 1 aromatic carbocycles. The van der Waals surface area contributed by atoms with E-state index in [1.54, 1.807) is 17.0 Å². The van der Waals surface area contributed by atoms with Crippen LogP contribution in [-0.4, -0.2) is 56.8 Å². The molecule has 128 valence electrons. The van der Waals surface area contributed by atoms with Crippen molar-refractivity contribution in [3.05, 3.63) is 23.8 Å². The number of hydrogen-bond donors (Lipinski definition) is 0. The molecule has 0 radical (unpaired) electrons. The quantitative estimate of drug-likeness (QED) is 0.836. The topological polar surface area (TPSA) is 66.9 Å². The number of amides is 1. The lowest BCUT2D eigenvalue weighted by molar-refractivity contribution is -0.129. The lowest BCUT2D eigenvalue weighted by atomic mass is 10.0. The number of benzene rings is 1. The number of rotatable bonds is 4. The molecule has 0 atom stereocenters. The van der Waals surface area contributed by atoms with Crippen LogP contribution in [0.2, 0.25) is 0 Å². The van der Waals surface area contributed by atoms with Gasteiger partial charge in [0.25, 0.3) is 0 Å². The Kier molecular flexibility index (Phi) is 5.31. The smallest absolute Gasteiger partial charge is 0.246 e. The van der Waals surface area contributed by atoms with Gasteiger partial charge in [-0.15, -0.1) is 0 Å². The molecule has 0 aliphatic carbocycles. The van der Waals surface area contributed by atoms with E-state index in [0.717, 1.165) is 5.56 Å². The molecule has 1 saturated heterocycles. The van der Waals surface area contributed by atoms with Gasteiger partial charge in [-0.2, -0.15) is 4.31 Å². The largest absolute Gasteiger partial charge is 0.495 e. The Hall–Kier alpha value is -1.60. The maximum absolute atomic E-state index is 12.9. The summed E-state index contributed by atoms with van der Waals surface area (Å²) in [6.45, 7) is 7.03. The van der Waals surface area contributed by atoms with Gasteiger partial charge in [0.15, 0.2) is 0 Å². The van der Waals surface area contributed by atoms with Crippen LogP contribution in [0.5, 0.6) is 5.75 Å². The number of piperazine rings is 1. The molecule has 7 heteroatoms. The highest BCUT2D eigenvalue weighted by atomic mass is 32.2. The summed E-state index contributed by atoms with van der Waals surface area (Å²) in [5.41, 5.74) is 1.03. The Balaban J connectivity index is 2.28. The van der Waals surface area contributed by atoms with Crippen molar-refractivity contribution < 1.29 is 17.9 Å². The van der Waals surface area contributed by atoms with E-state index in [0.29, 0.717) is 37.8 Å². The monoisotopic (exact) mass is 340 g/mol. The molecule has 1 amide bonds. The molecule has 0 bridgehead atoms. The fourth-order valence-electron chi connectivity index (χ4n) is 2.64. The minimum atomic E-state index is -3.63. The van der Waals surface area contributed by atoms with Crippen molar-refractivity contribution in [2.24, 2.45) is 0 Å². The van der Waals surface area contributed by atoms with Crippen molar-refractivity contribution in [3.63, 3.8) is 0 Å². The molecule has 1 heterocycles. The first-order valence-corrected chi connectivity index (χ1v) is 9.15. The molecule has 0 unspecified atom stereocenters. The third-order valence-electron chi connectivity index (χ3n) is 4.16. The Labute approximate surface area is 138 Å². The highest BCUT2D eigenvalue weighted by Crippen LogP contribution is 2.30. The van der Waals surface area contributed by atoms with Gasteiger partial charge in [0.05, 0.1) is 7.11 Å². The molecule has 1 aliphatic heterocycles. The molecule has 0 N–H and O–H groups in total. The van der Waals surface area contributed by atoms with Gasteiger partial charge in [0.1, 0.15) is 10.6 Å². The van der Waals surface area contributed by atoms with E-state index in [4.69, 9.17) is 4.74 Å². The van der Waals surface area contributed by atoms with Crippen molar-refractivity contribution in [3.8, 4) is 5.75 Å². The summed E-state index contributed by atoms with van der Waals surface area (Å²) in [5.74, 6) is 0.630. The van der Waals surface area contributed by atoms with Gasteiger partial charge in [0, 0.05) is 33.1 Å². The highest BCUT2D eigenvalue weighted by molar-refractivity contribution is 7.89. The summed E-state index contributed by atoms with van der Waals surface area (Å²) >= 11 is 0. The first-order chi connectivity index (χ1) is 10.8. The van der Waals surface area contributed by atoms with E-state index in [-0.39, 0.29) is 10.8 Å². The Bertz CT molecular complexity index is 677. The van der Waals surface area contributed by atoms with Gasteiger partial charge in [-0.3, -0.25) is 4.79 Å². The average Bonchev–Trinajstić information content (AvgIpc) is 2.54. The predicted molar refractivity (Wildman–Crippen MR) is 88.1 cm³/mol. The maximum atomic E-state index is 12.9. The van der Waals surface area contributed by atoms with Crippen LogP contribution in [0.15, 0.2) is 23.1 Å². The molecule has 0 aromatic heterocycles. The van der Waals surface area contributed by atoms with Crippen LogP contribution in [0.3, 0.4) is 0 Å². The second kappa shape index (κ2) is 6.88. The second-order valence-corrected chi connectivity index (χ2v) is 7.88. The van der Waals surface area contributed by atoms with Gasteiger partial charge < -0.3 is 9.64 Å². The van der Waals surface area contributed by atoms with E-state index >= 15 is 0 Å². The van der Waals surface area contributed by atoms with E-state index in [9.17, 15) is 13.2 Å². The van der Waals surface area contributed by atoms with Crippen molar-refractivity contribution >= 4 is 15.9 Å². The number of ether oxygens (including phenoxy) is 1. The molecule has 23 heavy (non-hydrogen) atoms. The second-order valence-electron chi connectivity index (χ2n) is 5.98. The predicted octanol–water partition coefficient (Wildman–Crippen LogP) is 1.67. The van der Waals surface area contributed by atoms with Crippen LogP contribution in [0.1, 0.15) is 32.3 Å². The first-order valence-electron chi connectivity index (χ1n) is 7.71. The molecule has 2 rings (SSSR count). The summed E-state index contributed by atoms with van der Waals surface area (Å²) in [6, 6.07) is 5.22. The zero-order valence-electron chi connectivity index (χ0n) is 14.1. The number of methoxy groups -OCH3 is 1. The molecule has 1 aliphatic rings. The molecular weight excluding hydrogens is 316 g/mol. The number of sulfonamides is 1. The van der Waals surface area contributed by atoms with E-state index < -0.39 is 10.0 Å². The van der Waals surface area contributed by atoms with Crippen molar-refractivity contribution in [1.29, 1.82) is 0 Å². The van der Waals surface area contributed by atoms with Crippen LogP contribution in [0, 0.1) is 0 Å². The maximum Gasteiger partial charge on any atom is 0.246 e. The summed E-state index contributed by atoms with van der Waals surface area (Å²) in [6.07, 6.45) is 0. The molecule has 6 nitrogen and oxygen atoms in total. The van der Waals surface area contributed by atoms with Crippen molar-refractivity contribution in [1.82, 2.24) is 9.21 Å². The van der Waals surface area contributed by atoms with Gasteiger partial charge in [-0.05, 0) is 23.6 Å². The third kappa shape index (κ3) is 3.67. The van der Waals surface area contributed by atoms with Gasteiger partial charge in [-0.25, -0.2) is 8.42 Å². The Morgan fingerprint density at radius 3 is 2.26 bits per heavy atom. The molecular formula is C16H24N2O4S. The van der Waals surface area contributed by atoms with Gasteiger partial charge in [0.2, 0.25) is 15.9 Å². The standard InChI is InChI=1S/C16H24N2O4S/c1-12(2)14-5-6-16(15(11-14)22-4)23(20,21)18-9-7-17(8-10-18)13(3)19/h5-6,11-12H,7-10H2,1-4H3. The van der Waals surface area contributed by atoms with Crippen LogP contribution < -0.4 is 4.74 Å². The Morgan fingerprint density at radius 1 is 1.17 bits per heavy atom. The molecule has 1 aromatic rings. The highest BCUT2D eigenvalue weighted by Gasteiger charge is 2.31. The first kappa shape index (κ1) is 17.7. The van der Waals surface area contributed by atoms with E-state index in [1.807, 2.05) is 19.9 Å². The zero-order valence-corrected chi connectivity index (χ0v) is 14.9. The van der Waals surface area contributed by atoms with Crippen LogP contribution in [0.25, 0.3) is 0 Å². The fraction of sp³-hybridized carbons (Fsp3) is 0.562. The molecule has 1 fully saturated rings.